The zero-order chi connectivity index (χ0) is 17.1. The van der Waals surface area contributed by atoms with Gasteiger partial charge in [0.15, 0.2) is 0 Å². The number of rotatable bonds is 6. The molecule has 2 heterocycles. The molecule has 0 radical (unpaired) electrons. The smallest absolute Gasteiger partial charge is 0.220 e. The summed E-state index contributed by atoms with van der Waals surface area (Å²) in [5.74, 6) is 1.51. The Bertz CT molecular complexity index is 736. The lowest BCUT2D eigenvalue weighted by atomic mass is 9.91. The summed E-state index contributed by atoms with van der Waals surface area (Å²) in [5.41, 5.74) is 3.84. The van der Waals surface area contributed by atoms with Gasteiger partial charge in [-0.25, -0.2) is 0 Å². The van der Waals surface area contributed by atoms with Gasteiger partial charge in [-0.3, -0.25) is 4.79 Å². The first-order valence-electron chi connectivity index (χ1n) is 9.48. The van der Waals surface area contributed by atoms with Gasteiger partial charge in [-0.2, -0.15) is 0 Å². The fourth-order valence-electron chi connectivity index (χ4n) is 4.05. The number of hydrogen-bond acceptors (Lipinski definition) is 3. The Kier molecular flexibility index (Phi) is 5.61. The second kappa shape index (κ2) is 8.09. The Morgan fingerprint density at radius 1 is 1.24 bits per heavy atom. The minimum absolute atomic E-state index is 0.158. The lowest BCUT2D eigenvalue weighted by Gasteiger charge is -2.24. The molecular formula is C20H26N2OS2. The van der Waals surface area contributed by atoms with Crippen molar-refractivity contribution in [1.29, 1.82) is 0 Å². The number of hydrogen-bond donors (Lipinski definition) is 2. The normalized spacial score (nSPS) is 22.9. The topological polar surface area (TPSA) is 44.9 Å². The zero-order valence-corrected chi connectivity index (χ0v) is 16.2. The van der Waals surface area contributed by atoms with E-state index in [-0.39, 0.29) is 11.9 Å². The van der Waals surface area contributed by atoms with E-state index in [4.69, 9.17) is 0 Å². The van der Waals surface area contributed by atoms with Gasteiger partial charge in [0.1, 0.15) is 0 Å². The van der Waals surface area contributed by atoms with Crippen LogP contribution in [0, 0.1) is 0 Å². The van der Waals surface area contributed by atoms with Gasteiger partial charge in [-0.15, -0.1) is 0 Å². The van der Waals surface area contributed by atoms with Gasteiger partial charge in [0.05, 0.1) is 6.04 Å². The van der Waals surface area contributed by atoms with E-state index in [1.807, 2.05) is 21.6 Å². The van der Waals surface area contributed by atoms with Crippen molar-refractivity contribution in [2.45, 2.75) is 62.7 Å². The Morgan fingerprint density at radius 2 is 2.16 bits per heavy atom. The molecule has 1 aromatic carbocycles. The highest BCUT2D eigenvalue weighted by Crippen LogP contribution is 2.40. The number of carbonyl (C=O) groups is 1. The van der Waals surface area contributed by atoms with Crippen LogP contribution in [0.4, 0.5) is 0 Å². The van der Waals surface area contributed by atoms with Crippen molar-refractivity contribution >= 4 is 38.4 Å². The number of para-hydroxylation sites is 1. The number of unbranched alkanes of at least 4 members (excludes halogenated alkanes) is 1. The largest absolute Gasteiger partial charge is 0.356 e. The Balaban J connectivity index is 1.31. The monoisotopic (exact) mass is 374 g/mol. The minimum atomic E-state index is 0.158. The van der Waals surface area contributed by atoms with E-state index in [1.165, 1.54) is 47.2 Å². The quantitative estimate of drug-likeness (QED) is 0.527. The first kappa shape index (κ1) is 17.3. The van der Waals surface area contributed by atoms with Gasteiger partial charge in [-0.05, 0) is 50.2 Å². The maximum absolute atomic E-state index is 12.4. The summed E-state index contributed by atoms with van der Waals surface area (Å²) >= 11 is 0. The Hall–Kier alpha value is -1.07. The molecule has 0 bridgehead atoms. The summed E-state index contributed by atoms with van der Waals surface area (Å²) < 4.78 is 0. The van der Waals surface area contributed by atoms with E-state index >= 15 is 0 Å². The Morgan fingerprint density at radius 3 is 3.04 bits per heavy atom. The van der Waals surface area contributed by atoms with Crippen LogP contribution in [-0.4, -0.2) is 21.9 Å². The number of benzene rings is 1. The second-order valence-electron chi connectivity index (χ2n) is 7.15. The maximum atomic E-state index is 12.4. The van der Waals surface area contributed by atoms with E-state index in [0.29, 0.717) is 6.42 Å². The molecule has 1 amide bonds. The summed E-state index contributed by atoms with van der Waals surface area (Å²) in [7, 11) is 4.03. The van der Waals surface area contributed by atoms with Crippen molar-refractivity contribution in [3.63, 3.8) is 0 Å². The van der Waals surface area contributed by atoms with Crippen LogP contribution in [0.3, 0.4) is 0 Å². The second-order valence-corrected chi connectivity index (χ2v) is 9.94. The van der Waals surface area contributed by atoms with Crippen molar-refractivity contribution in [2.24, 2.45) is 0 Å². The molecular weight excluding hydrogens is 348 g/mol. The number of aromatic amines is 1. The van der Waals surface area contributed by atoms with Crippen LogP contribution in [-0.2, 0) is 11.2 Å². The van der Waals surface area contributed by atoms with E-state index in [1.54, 1.807) is 0 Å². The van der Waals surface area contributed by atoms with E-state index in [2.05, 4.69) is 34.6 Å². The summed E-state index contributed by atoms with van der Waals surface area (Å²) in [5, 5.41) is 5.43. The number of nitrogens with one attached hydrogen (secondary N) is 2. The molecule has 2 aromatic rings. The number of fused-ring (bicyclic) bond motifs is 3. The third kappa shape index (κ3) is 4.03. The highest BCUT2D eigenvalue weighted by Gasteiger charge is 2.25. The number of aryl methyl sites for hydroxylation is 1. The average Bonchev–Trinajstić information content (AvgIpc) is 3.27. The molecule has 1 fully saturated rings. The molecule has 134 valence electrons. The van der Waals surface area contributed by atoms with E-state index in [0.717, 1.165) is 30.9 Å². The van der Waals surface area contributed by atoms with Gasteiger partial charge in [0, 0.05) is 34.0 Å². The SMILES string of the molecule is O=C(CCCC[C@H]1CCSS1)N[C@H]1CCCc2c1[nH]c1ccccc21. The van der Waals surface area contributed by atoms with Gasteiger partial charge >= 0.3 is 0 Å². The minimum Gasteiger partial charge on any atom is -0.356 e. The van der Waals surface area contributed by atoms with Gasteiger partial charge < -0.3 is 10.3 Å². The van der Waals surface area contributed by atoms with E-state index < -0.39 is 0 Å². The molecule has 3 nitrogen and oxygen atoms in total. The number of H-pyrrole nitrogens is 1. The first-order chi connectivity index (χ1) is 12.3. The molecule has 4 rings (SSSR count). The van der Waals surface area contributed by atoms with Crippen LogP contribution in [0.5, 0.6) is 0 Å². The predicted octanol–water partition coefficient (Wildman–Crippen LogP) is 5.38. The molecule has 5 heteroatoms. The van der Waals surface area contributed by atoms with Crippen LogP contribution in [0.25, 0.3) is 10.9 Å². The fourth-order valence-corrected chi connectivity index (χ4v) is 7.08. The Labute approximate surface area is 157 Å². The maximum Gasteiger partial charge on any atom is 0.220 e. The van der Waals surface area contributed by atoms with Crippen molar-refractivity contribution < 1.29 is 4.79 Å². The fraction of sp³-hybridized carbons (Fsp3) is 0.550. The number of carbonyl (C=O) groups excluding carboxylic acids is 1. The summed E-state index contributed by atoms with van der Waals surface area (Å²) in [6.45, 7) is 0. The molecule has 25 heavy (non-hydrogen) atoms. The highest BCUT2D eigenvalue weighted by molar-refractivity contribution is 8.77. The van der Waals surface area contributed by atoms with Crippen LogP contribution in [0.2, 0.25) is 0 Å². The predicted molar refractivity (Wildman–Crippen MR) is 109 cm³/mol. The van der Waals surface area contributed by atoms with Crippen LogP contribution >= 0.6 is 21.6 Å². The lowest BCUT2D eigenvalue weighted by molar-refractivity contribution is -0.122. The van der Waals surface area contributed by atoms with Gasteiger partial charge in [0.2, 0.25) is 5.91 Å². The summed E-state index contributed by atoms with van der Waals surface area (Å²) in [4.78, 5) is 16.0. The standard InChI is InChI=1S/C20H26N2OS2/c23-19(11-4-1-6-14-12-13-24-25-14)21-18-10-5-8-16-15-7-2-3-9-17(15)22-20(16)18/h2-3,7,9,14,18,22H,1,4-6,8,10-13H2,(H,21,23)/t14-,18-/m0/s1. The molecule has 2 atom stereocenters. The number of amides is 1. The molecule has 1 aliphatic carbocycles. The lowest BCUT2D eigenvalue weighted by Crippen LogP contribution is -2.30. The summed E-state index contributed by atoms with van der Waals surface area (Å²) in [6, 6.07) is 8.64. The van der Waals surface area contributed by atoms with Crippen LogP contribution in [0.15, 0.2) is 24.3 Å². The molecule has 0 saturated carbocycles. The molecule has 0 unspecified atom stereocenters. The van der Waals surface area contributed by atoms with Gasteiger partial charge in [0.25, 0.3) is 0 Å². The van der Waals surface area contributed by atoms with Crippen molar-refractivity contribution in [1.82, 2.24) is 10.3 Å². The van der Waals surface area contributed by atoms with Crippen LogP contribution in [0.1, 0.15) is 62.2 Å². The molecule has 0 spiro atoms. The first-order valence-corrected chi connectivity index (χ1v) is 11.9. The molecule has 1 aliphatic heterocycles. The molecule has 2 N–H and O–H groups in total. The van der Waals surface area contributed by atoms with Crippen molar-refractivity contribution in [3.05, 3.63) is 35.5 Å². The summed E-state index contributed by atoms with van der Waals surface area (Å²) in [6.07, 6.45) is 8.76. The average molecular weight is 375 g/mol. The highest BCUT2D eigenvalue weighted by atomic mass is 33.1. The van der Waals surface area contributed by atoms with E-state index in [9.17, 15) is 4.79 Å². The van der Waals surface area contributed by atoms with Crippen molar-refractivity contribution in [2.75, 3.05) is 5.75 Å². The van der Waals surface area contributed by atoms with Crippen LogP contribution < -0.4 is 5.32 Å². The molecule has 1 saturated heterocycles. The number of aromatic nitrogens is 1. The molecule has 2 aliphatic rings. The third-order valence-corrected chi connectivity index (χ3v) is 8.36. The van der Waals surface area contributed by atoms with Gasteiger partial charge in [-0.1, -0.05) is 46.2 Å². The zero-order valence-electron chi connectivity index (χ0n) is 14.6. The molecule has 1 aromatic heterocycles. The van der Waals surface area contributed by atoms with Crippen molar-refractivity contribution in [3.8, 4) is 0 Å². The third-order valence-electron chi connectivity index (χ3n) is 5.36.